The normalized spacial score (nSPS) is 11.1. The molecule has 0 saturated carbocycles. The molecule has 0 bridgehead atoms. The monoisotopic (exact) mass is 332 g/mol. The molecule has 0 aliphatic carbocycles. The standard InChI is InChI=1S/C17H21FN4O2/c1-12(2)9-20-24-17-19-10-15(18)16(21-17)22(3)11-13-5-7-14(23-4)8-6-13/h5-10,12H,11H2,1-4H3/b20-9+. The second-order valence-electron chi connectivity index (χ2n) is 5.62. The van der Waals surface area contributed by atoms with Crippen molar-refractivity contribution in [2.75, 3.05) is 19.1 Å². The van der Waals surface area contributed by atoms with Crippen LogP contribution < -0.4 is 14.5 Å². The first-order valence-corrected chi connectivity index (χ1v) is 7.56. The number of hydrogen-bond acceptors (Lipinski definition) is 6. The third kappa shape index (κ3) is 4.91. The van der Waals surface area contributed by atoms with Crippen LogP contribution >= 0.6 is 0 Å². The summed E-state index contributed by atoms with van der Waals surface area (Å²) in [4.78, 5) is 14.6. The van der Waals surface area contributed by atoms with E-state index in [9.17, 15) is 4.39 Å². The van der Waals surface area contributed by atoms with E-state index >= 15 is 0 Å². The highest BCUT2D eigenvalue weighted by Gasteiger charge is 2.13. The number of nitrogens with zero attached hydrogens (tertiary/aromatic N) is 4. The van der Waals surface area contributed by atoms with Crippen molar-refractivity contribution < 1.29 is 14.0 Å². The number of anilines is 1. The van der Waals surface area contributed by atoms with E-state index in [1.165, 1.54) is 0 Å². The molecule has 0 amide bonds. The summed E-state index contributed by atoms with van der Waals surface area (Å²) in [6.07, 6.45) is 2.69. The third-order valence-electron chi connectivity index (χ3n) is 3.14. The fourth-order valence-electron chi connectivity index (χ4n) is 1.93. The Labute approximate surface area is 140 Å². The molecule has 1 aromatic heterocycles. The first kappa shape index (κ1) is 17.7. The molecular weight excluding hydrogens is 311 g/mol. The number of benzene rings is 1. The Balaban J connectivity index is 2.10. The lowest BCUT2D eigenvalue weighted by Gasteiger charge is -2.18. The maximum absolute atomic E-state index is 14.0. The maximum Gasteiger partial charge on any atom is 0.347 e. The van der Waals surface area contributed by atoms with E-state index in [2.05, 4.69) is 15.1 Å². The van der Waals surface area contributed by atoms with Crippen LogP contribution in [0.1, 0.15) is 19.4 Å². The Bertz CT molecular complexity index is 689. The molecule has 1 heterocycles. The van der Waals surface area contributed by atoms with Gasteiger partial charge < -0.3 is 14.5 Å². The van der Waals surface area contributed by atoms with Gasteiger partial charge in [0.1, 0.15) is 5.75 Å². The predicted molar refractivity (Wildman–Crippen MR) is 91.0 cm³/mol. The van der Waals surface area contributed by atoms with Crippen LogP contribution in [0.25, 0.3) is 0 Å². The largest absolute Gasteiger partial charge is 0.497 e. The summed E-state index contributed by atoms with van der Waals surface area (Å²) >= 11 is 0. The van der Waals surface area contributed by atoms with Crippen molar-refractivity contribution in [3.8, 4) is 11.8 Å². The van der Waals surface area contributed by atoms with Gasteiger partial charge in [0.05, 0.1) is 13.3 Å². The van der Waals surface area contributed by atoms with Gasteiger partial charge in [0.25, 0.3) is 0 Å². The summed E-state index contributed by atoms with van der Waals surface area (Å²) < 4.78 is 19.1. The van der Waals surface area contributed by atoms with Gasteiger partial charge in [-0.1, -0.05) is 31.1 Å². The number of ether oxygens (including phenoxy) is 1. The predicted octanol–water partition coefficient (Wildman–Crippen LogP) is 3.28. The van der Waals surface area contributed by atoms with Crippen LogP contribution in [0.4, 0.5) is 10.2 Å². The summed E-state index contributed by atoms with van der Waals surface area (Å²) in [5.41, 5.74) is 0.997. The average molecular weight is 332 g/mol. The molecular formula is C17H21FN4O2. The summed E-state index contributed by atoms with van der Waals surface area (Å²) in [6.45, 7) is 4.41. The Morgan fingerprint density at radius 1 is 1.29 bits per heavy atom. The molecule has 0 N–H and O–H groups in total. The highest BCUT2D eigenvalue weighted by molar-refractivity contribution is 5.58. The molecule has 0 aliphatic rings. The zero-order chi connectivity index (χ0) is 17.5. The maximum atomic E-state index is 14.0. The van der Waals surface area contributed by atoms with Crippen molar-refractivity contribution in [3.05, 3.63) is 41.8 Å². The van der Waals surface area contributed by atoms with Crippen molar-refractivity contribution >= 4 is 12.0 Å². The Kier molecular flexibility index (Phi) is 6.06. The van der Waals surface area contributed by atoms with Crippen LogP contribution in [0.2, 0.25) is 0 Å². The van der Waals surface area contributed by atoms with Crippen molar-refractivity contribution in [1.82, 2.24) is 9.97 Å². The molecule has 24 heavy (non-hydrogen) atoms. The number of rotatable bonds is 7. The fourth-order valence-corrected chi connectivity index (χ4v) is 1.93. The highest BCUT2D eigenvalue weighted by atomic mass is 19.1. The SMILES string of the molecule is COc1ccc(CN(C)c2nc(O/N=C/C(C)C)ncc2F)cc1. The third-order valence-corrected chi connectivity index (χ3v) is 3.14. The quantitative estimate of drug-likeness (QED) is 0.575. The molecule has 0 saturated heterocycles. The minimum Gasteiger partial charge on any atom is -0.497 e. The number of hydrogen-bond donors (Lipinski definition) is 0. The van der Waals surface area contributed by atoms with Crippen LogP contribution in [0.15, 0.2) is 35.6 Å². The van der Waals surface area contributed by atoms with Gasteiger partial charge in [0.15, 0.2) is 11.6 Å². The average Bonchev–Trinajstić information content (AvgIpc) is 2.56. The Hall–Kier alpha value is -2.70. The van der Waals surface area contributed by atoms with E-state index in [1.54, 1.807) is 25.3 Å². The van der Waals surface area contributed by atoms with Crippen LogP contribution in [-0.2, 0) is 6.54 Å². The highest BCUT2D eigenvalue weighted by Crippen LogP contribution is 2.20. The molecule has 0 spiro atoms. The van der Waals surface area contributed by atoms with Gasteiger partial charge in [-0.3, -0.25) is 0 Å². The van der Waals surface area contributed by atoms with E-state index in [0.717, 1.165) is 17.5 Å². The fraction of sp³-hybridized carbons (Fsp3) is 0.353. The zero-order valence-corrected chi connectivity index (χ0v) is 14.2. The van der Waals surface area contributed by atoms with Gasteiger partial charge in [-0.05, 0) is 23.6 Å². The van der Waals surface area contributed by atoms with E-state index in [0.29, 0.717) is 6.54 Å². The van der Waals surface area contributed by atoms with Crippen LogP contribution in [-0.4, -0.2) is 30.3 Å². The van der Waals surface area contributed by atoms with Gasteiger partial charge in [0.2, 0.25) is 0 Å². The van der Waals surface area contributed by atoms with Gasteiger partial charge >= 0.3 is 6.01 Å². The van der Waals surface area contributed by atoms with Crippen LogP contribution in [0, 0.1) is 11.7 Å². The number of aromatic nitrogens is 2. The van der Waals surface area contributed by atoms with Crippen molar-refractivity contribution in [2.24, 2.45) is 11.1 Å². The molecule has 0 fully saturated rings. The van der Waals surface area contributed by atoms with Crippen molar-refractivity contribution in [2.45, 2.75) is 20.4 Å². The van der Waals surface area contributed by atoms with E-state index in [-0.39, 0.29) is 17.7 Å². The topological polar surface area (TPSA) is 59.8 Å². The summed E-state index contributed by atoms with van der Waals surface area (Å²) in [7, 11) is 3.36. The van der Waals surface area contributed by atoms with Crippen LogP contribution in [0.5, 0.6) is 11.8 Å². The van der Waals surface area contributed by atoms with Gasteiger partial charge in [-0.2, -0.15) is 9.97 Å². The minimum absolute atomic E-state index is 0.00452. The van der Waals surface area contributed by atoms with Gasteiger partial charge in [-0.25, -0.2) is 4.39 Å². The van der Waals surface area contributed by atoms with E-state index in [4.69, 9.17) is 9.57 Å². The molecule has 128 valence electrons. The molecule has 0 unspecified atom stereocenters. The van der Waals surface area contributed by atoms with Crippen molar-refractivity contribution in [3.63, 3.8) is 0 Å². The second-order valence-corrected chi connectivity index (χ2v) is 5.62. The lowest BCUT2D eigenvalue weighted by molar-refractivity contribution is 0.311. The van der Waals surface area contributed by atoms with Crippen molar-refractivity contribution in [1.29, 1.82) is 0 Å². The number of halogens is 1. The minimum atomic E-state index is -0.522. The van der Waals surface area contributed by atoms with Gasteiger partial charge in [-0.15, -0.1) is 0 Å². The molecule has 0 atom stereocenters. The summed E-state index contributed by atoms with van der Waals surface area (Å²) in [5, 5.41) is 3.77. The molecule has 2 aromatic rings. The lowest BCUT2D eigenvalue weighted by Crippen LogP contribution is -2.19. The second kappa shape index (κ2) is 8.24. The van der Waals surface area contributed by atoms with E-state index in [1.807, 2.05) is 38.1 Å². The molecule has 7 heteroatoms. The molecule has 0 radical (unpaired) electrons. The van der Waals surface area contributed by atoms with Gasteiger partial charge in [0, 0.05) is 19.8 Å². The summed E-state index contributed by atoms with van der Waals surface area (Å²) in [6, 6.07) is 7.55. The Morgan fingerprint density at radius 2 is 2.00 bits per heavy atom. The molecule has 1 aromatic carbocycles. The molecule has 0 aliphatic heterocycles. The van der Waals surface area contributed by atoms with E-state index < -0.39 is 5.82 Å². The first-order chi connectivity index (χ1) is 11.5. The van der Waals surface area contributed by atoms with Crippen LogP contribution in [0.3, 0.4) is 0 Å². The Morgan fingerprint density at radius 3 is 2.62 bits per heavy atom. The first-order valence-electron chi connectivity index (χ1n) is 7.56. The number of oxime groups is 1. The molecule has 6 nitrogen and oxygen atoms in total. The number of methoxy groups -OCH3 is 1. The zero-order valence-electron chi connectivity index (χ0n) is 14.2. The smallest absolute Gasteiger partial charge is 0.347 e. The lowest BCUT2D eigenvalue weighted by atomic mass is 10.2. The summed E-state index contributed by atoms with van der Waals surface area (Å²) in [5.74, 6) is 0.637. The molecule has 2 rings (SSSR count).